The van der Waals surface area contributed by atoms with Crippen LogP contribution in [0.25, 0.3) is 0 Å². The fraction of sp³-hybridized carbons (Fsp3) is 0.250. The van der Waals surface area contributed by atoms with Crippen LogP contribution in [0.4, 0.5) is 0 Å². The number of phenols is 1. The Labute approximate surface area is 62.5 Å². The summed E-state index contributed by atoms with van der Waals surface area (Å²) in [5, 5.41) is 10.4. The van der Waals surface area contributed by atoms with Gasteiger partial charge in [-0.3, -0.25) is 0 Å². The van der Waals surface area contributed by atoms with Gasteiger partial charge in [0.1, 0.15) is 5.75 Å². The smallest absolute Gasteiger partial charge is 0.123 e. The fourth-order valence-corrected chi connectivity index (χ4v) is 1.76. The van der Waals surface area contributed by atoms with Crippen molar-refractivity contribution in [3.63, 3.8) is 0 Å². The molecule has 2 heteroatoms. The van der Waals surface area contributed by atoms with Crippen molar-refractivity contribution >= 4 is 13.2 Å². The van der Waals surface area contributed by atoms with Crippen molar-refractivity contribution in [1.82, 2.24) is 0 Å². The summed E-state index contributed by atoms with van der Waals surface area (Å²) in [7, 11) is -0.166. The van der Waals surface area contributed by atoms with E-state index in [-0.39, 0.29) is 7.92 Å². The number of phenolic OH excluding ortho intramolecular Hbond substituents is 1. The summed E-state index contributed by atoms with van der Waals surface area (Å²) in [5.74, 6) is 0.429. The molecule has 0 bridgehead atoms. The summed E-state index contributed by atoms with van der Waals surface area (Å²) in [6, 6.07) is 7.51. The van der Waals surface area contributed by atoms with Crippen molar-refractivity contribution in [3.8, 4) is 5.75 Å². The number of benzene rings is 1. The van der Waals surface area contributed by atoms with Gasteiger partial charge in [-0.1, -0.05) is 26.1 Å². The Bertz CT molecular complexity index is 220. The number of rotatable bonds is 1. The third-order valence-corrected chi connectivity index (χ3v) is 2.71. The molecule has 1 aromatic carbocycles. The first kappa shape index (κ1) is 7.56. The SMILES string of the molecule is CP(C)c1ccccc1O. The number of aromatic hydroxyl groups is 1. The minimum absolute atomic E-state index is 0.166. The maximum Gasteiger partial charge on any atom is 0.123 e. The zero-order valence-electron chi connectivity index (χ0n) is 6.20. The van der Waals surface area contributed by atoms with E-state index in [1.165, 1.54) is 0 Å². The largest absolute Gasteiger partial charge is 0.507 e. The van der Waals surface area contributed by atoms with Crippen molar-refractivity contribution in [1.29, 1.82) is 0 Å². The second-order valence-corrected chi connectivity index (χ2v) is 4.65. The first-order valence-electron chi connectivity index (χ1n) is 3.17. The van der Waals surface area contributed by atoms with Gasteiger partial charge >= 0.3 is 0 Å². The third kappa shape index (κ3) is 1.48. The fourth-order valence-electron chi connectivity index (χ4n) is 0.842. The molecule has 0 unspecified atom stereocenters. The molecule has 0 amide bonds. The van der Waals surface area contributed by atoms with E-state index in [0.717, 1.165) is 5.30 Å². The normalized spacial score (nSPS) is 10.3. The van der Waals surface area contributed by atoms with Crippen LogP contribution in [0.5, 0.6) is 5.75 Å². The topological polar surface area (TPSA) is 20.2 Å². The Morgan fingerprint density at radius 1 is 1.20 bits per heavy atom. The molecule has 0 aliphatic rings. The first-order valence-corrected chi connectivity index (χ1v) is 5.41. The summed E-state index contributed by atoms with van der Waals surface area (Å²) in [6.45, 7) is 4.26. The molecular weight excluding hydrogens is 143 g/mol. The Morgan fingerprint density at radius 2 is 1.80 bits per heavy atom. The van der Waals surface area contributed by atoms with Crippen LogP contribution in [0.3, 0.4) is 0 Å². The highest BCUT2D eigenvalue weighted by Crippen LogP contribution is 2.27. The van der Waals surface area contributed by atoms with E-state index in [1.54, 1.807) is 6.07 Å². The maximum atomic E-state index is 9.30. The first-order chi connectivity index (χ1) is 4.72. The molecule has 1 nitrogen and oxygen atoms in total. The highest BCUT2D eigenvalue weighted by Gasteiger charge is 2.01. The van der Waals surface area contributed by atoms with Gasteiger partial charge in [-0.2, -0.15) is 0 Å². The molecule has 1 aromatic rings. The van der Waals surface area contributed by atoms with E-state index in [9.17, 15) is 5.11 Å². The zero-order chi connectivity index (χ0) is 7.56. The molecule has 0 atom stereocenters. The number of hydrogen-bond acceptors (Lipinski definition) is 1. The number of hydrogen-bond donors (Lipinski definition) is 1. The Hall–Kier alpha value is -0.550. The molecule has 0 radical (unpaired) electrons. The quantitative estimate of drug-likeness (QED) is 0.611. The average molecular weight is 154 g/mol. The van der Waals surface area contributed by atoms with Crippen LogP contribution in [-0.4, -0.2) is 18.4 Å². The molecule has 0 aliphatic carbocycles. The van der Waals surface area contributed by atoms with Gasteiger partial charge in [0.15, 0.2) is 0 Å². The average Bonchev–Trinajstić information content (AvgIpc) is 1.88. The molecule has 0 heterocycles. The standard InChI is InChI=1S/C8H11OP/c1-10(2)8-6-4-3-5-7(8)9/h3-6,9H,1-2H3. The van der Waals surface area contributed by atoms with E-state index < -0.39 is 0 Å². The van der Waals surface area contributed by atoms with Crippen LogP contribution < -0.4 is 5.30 Å². The molecule has 10 heavy (non-hydrogen) atoms. The van der Waals surface area contributed by atoms with E-state index in [0.29, 0.717) is 5.75 Å². The lowest BCUT2D eigenvalue weighted by molar-refractivity contribution is 0.480. The van der Waals surface area contributed by atoms with E-state index in [2.05, 4.69) is 13.3 Å². The van der Waals surface area contributed by atoms with Gasteiger partial charge in [-0.25, -0.2) is 0 Å². The molecule has 0 aliphatic heterocycles. The predicted octanol–water partition coefficient (Wildman–Crippen LogP) is 1.76. The lowest BCUT2D eigenvalue weighted by atomic mass is 10.3. The Kier molecular flexibility index (Phi) is 2.29. The van der Waals surface area contributed by atoms with Gasteiger partial charge in [-0.05, 0) is 19.4 Å². The lowest BCUT2D eigenvalue weighted by Gasteiger charge is -2.06. The second-order valence-electron chi connectivity index (χ2n) is 2.38. The minimum atomic E-state index is -0.166. The summed E-state index contributed by atoms with van der Waals surface area (Å²) in [6.07, 6.45) is 0. The highest BCUT2D eigenvalue weighted by atomic mass is 31.1. The summed E-state index contributed by atoms with van der Waals surface area (Å²) in [5.41, 5.74) is 0. The van der Waals surface area contributed by atoms with Gasteiger partial charge in [0.25, 0.3) is 0 Å². The van der Waals surface area contributed by atoms with E-state index in [1.807, 2.05) is 18.2 Å². The molecular formula is C8H11OP. The van der Waals surface area contributed by atoms with Crippen molar-refractivity contribution in [2.75, 3.05) is 13.3 Å². The molecule has 1 N–H and O–H groups in total. The van der Waals surface area contributed by atoms with Crippen molar-refractivity contribution < 1.29 is 5.11 Å². The summed E-state index contributed by atoms with van der Waals surface area (Å²) < 4.78 is 0. The molecule has 0 saturated heterocycles. The van der Waals surface area contributed by atoms with Crippen LogP contribution in [0.2, 0.25) is 0 Å². The number of para-hydroxylation sites is 1. The van der Waals surface area contributed by atoms with Crippen LogP contribution in [0.15, 0.2) is 24.3 Å². The summed E-state index contributed by atoms with van der Waals surface area (Å²) >= 11 is 0. The van der Waals surface area contributed by atoms with E-state index in [4.69, 9.17) is 0 Å². The van der Waals surface area contributed by atoms with E-state index >= 15 is 0 Å². The monoisotopic (exact) mass is 154 g/mol. The highest BCUT2D eigenvalue weighted by molar-refractivity contribution is 7.64. The van der Waals surface area contributed by atoms with Gasteiger partial charge in [0.05, 0.1) is 0 Å². The van der Waals surface area contributed by atoms with Crippen molar-refractivity contribution in [3.05, 3.63) is 24.3 Å². The minimum Gasteiger partial charge on any atom is -0.507 e. The van der Waals surface area contributed by atoms with Crippen LogP contribution >= 0.6 is 7.92 Å². The molecule has 0 fully saturated rings. The van der Waals surface area contributed by atoms with Crippen LogP contribution in [-0.2, 0) is 0 Å². The van der Waals surface area contributed by atoms with Gasteiger partial charge in [0, 0.05) is 5.30 Å². The zero-order valence-corrected chi connectivity index (χ0v) is 7.10. The van der Waals surface area contributed by atoms with Gasteiger partial charge in [0.2, 0.25) is 0 Å². The van der Waals surface area contributed by atoms with Gasteiger partial charge < -0.3 is 5.11 Å². The molecule has 1 rings (SSSR count). The van der Waals surface area contributed by atoms with Crippen molar-refractivity contribution in [2.24, 2.45) is 0 Å². The van der Waals surface area contributed by atoms with Crippen LogP contribution in [0.1, 0.15) is 0 Å². The predicted molar refractivity (Wildman–Crippen MR) is 46.5 cm³/mol. The van der Waals surface area contributed by atoms with Crippen molar-refractivity contribution in [2.45, 2.75) is 0 Å². The Balaban J connectivity index is 3.03. The molecule has 0 saturated carbocycles. The summed E-state index contributed by atoms with van der Waals surface area (Å²) in [4.78, 5) is 0. The lowest BCUT2D eigenvalue weighted by Crippen LogP contribution is -1.97. The van der Waals surface area contributed by atoms with Gasteiger partial charge in [-0.15, -0.1) is 0 Å². The third-order valence-electron chi connectivity index (χ3n) is 1.36. The molecule has 0 aromatic heterocycles. The second kappa shape index (κ2) is 3.03. The molecule has 54 valence electrons. The maximum absolute atomic E-state index is 9.30. The Morgan fingerprint density at radius 3 is 2.20 bits per heavy atom. The molecule has 0 spiro atoms. The van der Waals surface area contributed by atoms with Crippen LogP contribution in [0, 0.1) is 0 Å².